The van der Waals surface area contributed by atoms with E-state index in [2.05, 4.69) is 22.0 Å². The zero-order valence-corrected chi connectivity index (χ0v) is 18.2. The van der Waals surface area contributed by atoms with Crippen molar-refractivity contribution in [1.82, 2.24) is 24.5 Å². The van der Waals surface area contributed by atoms with E-state index < -0.39 is 0 Å². The summed E-state index contributed by atoms with van der Waals surface area (Å²) >= 11 is 1.47. The van der Waals surface area contributed by atoms with Crippen molar-refractivity contribution in [2.24, 2.45) is 0 Å². The third-order valence-corrected chi connectivity index (χ3v) is 5.17. The van der Waals surface area contributed by atoms with Crippen LogP contribution in [-0.2, 0) is 0 Å². The quantitative estimate of drug-likeness (QED) is 0.681. The number of hydrogen-bond donors (Lipinski definition) is 1. The Bertz CT molecular complexity index is 890. The van der Waals surface area contributed by atoms with E-state index >= 15 is 0 Å². The molecule has 4 heterocycles. The molecule has 2 N–H and O–H groups in total. The molecule has 3 aromatic rings. The largest absolute Gasteiger partial charge is 0.384 e. The molecular formula is C20H30N6OS. The van der Waals surface area contributed by atoms with Crippen molar-refractivity contribution in [2.45, 2.75) is 59.9 Å². The average Bonchev–Trinajstić information content (AvgIpc) is 3.41. The molecule has 28 heavy (non-hydrogen) atoms. The zero-order valence-electron chi connectivity index (χ0n) is 17.3. The maximum absolute atomic E-state index is 12.8. The van der Waals surface area contributed by atoms with E-state index in [1.54, 1.807) is 22.8 Å². The van der Waals surface area contributed by atoms with Crippen LogP contribution in [0.3, 0.4) is 0 Å². The highest BCUT2D eigenvalue weighted by Crippen LogP contribution is 2.23. The van der Waals surface area contributed by atoms with Gasteiger partial charge in [0.2, 0.25) is 5.82 Å². The number of pyridine rings is 1. The first-order chi connectivity index (χ1) is 13.6. The molecule has 0 bridgehead atoms. The third-order valence-electron chi connectivity index (χ3n) is 4.40. The number of anilines is 1. The van der Waals surface area contributed by atoms with Crippen molar-refractivity contribution in [3.63, 3.8) is 0 Å². The lowest BCUT2D eigenvalue weighted by Gasteiger charge is -2.33. The molecule has 0 spiro atoms. The van der Waals surface area contributed by atoms with Crippen molar-refractivity contribution >= 4 is 28.7 Å². The molecule has 4 rings (SSSR count). The molecule has 0 aliphatic carbocycles. The highest BCUT2D eigenvalue weighted by atomic mass is 32.1. The van der Waals surface area contributed by atoms with E-state index in [0.29, 0.717) is 22.9 Å². The fraction of sp³-hybridized carbons (Fsp3) is 0.500. The van der Waals surface area contributed by atoms with Gasteiger partial charge in [-0.25, -0.2) is 9.97 Å². The highest BCUT2D eigenvalue weighted by Gasteiger charge is 2.25. The second-order valence-corrected chi connectivity index (χ2v) is 6.95. The molecule has 1 aliphatic heterocycles. The van der Waals surface area contributed by atoms with Gasteiger partial charge in [-0.3, -0.25) is 4.79 Å². The van der Waals surface area contributed by atoms with Crippen LogP contribution >= 0.6 is 11.3 Å². The van der Waals surface area contributed by atoms with Gasteiger partial charge in [0.05, 0.1) is 0 Å². The summed E-state index contributed by atoms with van der Waals surface area (Å²) in [5, 5.41) is 6.99. The van der Waals surface area contributed by atoms with Gasteiger partial charge in [0, 0.05) is 29.7 Å². The minimum Gasteiger partial charge on any atom is -0.384 e. The monoisotopic (exact) mass is 402 g/mol. The molecule has 152 valence electrons. The molecule has 0 aromatic carbocycles. The first-order valence-electron chi connectivity index (χ1n) is 10.0. The molecule has 1 amide bonds. The SMILES string of the molecule is CC.CC.CC1CCCCN1C(=O)c1cc(N)n2nc(-c3nccs3)nc2c1. The fourth-order valence-electron chi connectivity index (χ4n) is 3.12. The van der Waals surface area contributed by atoms with Crippen LogP contribution in [0.1, 0.15) is 64.2 Å². The van der Waals surface area contributed by atoms with E-state index in [1.165, 1.54) is 17.8 Å². The van der Waals surface area contributed by atoms with Crippen LogP contribution in [0.2, 0.25) is 0 Å². The summed E-state index contributed by atoms with van der Waals surface area (Å²) in [5.74, 6) is 0.929. The van der Waals surface area contributed by atoms with Crippen LogP contribution < -0.4 is 5.73 Å². The molecule has 1 unspecified atom stereocenters. The number of fused-ring (bicyclic) bond motifs is 1. The number of nitrogen functional groups attached to an aromatic ring is 1. The van der Waals surface area contributed by atoms with Gasteiger partial charge in [-0.1, -0.05) is 27.7 Å². The van der Waals surface area contributed by atoms with E-state index in [4.69, 9.17) is 5.73 Å². The molecule has 1 fully saturated rings. The number of thiazole rings is 1. The smallest absolute Gasteiger partial charge is 0.254 e. The summed E-state index contributed by atoms with van der Waals surface area (Å²) in [4.78, 5) is 23.5. The number of piperidine rings is 1. The standard InChI is InChI=1S/C16H18N6OS.2C2H6/c1-10-4-2-3-6-21(10)16(23)11-8-12(17)22-13(9-11)19-14(20-22)15-18-5-7-24-15;2*1-2/h5,7-10H,2-4,6,17H2,1H3;2*1-2H3. The number of likely N-dealkylation sites (tertiary alicyclic amines) is 1. The molecule has 1 saturated heterocycles. The Kier molecular flexibility index (Phi) is 7.92. The third kappa shape index (κ3) is 4.49. The molecule has 0 radical (unpaired) electrons. The Morgan fingerprint density at radius 2 is 1.96 bits per heavy atom. The maximum atomic E-state index is 12.8. The first-order valence-corrected chi connectivity index (χ1v) is 10.9. The summed E-state index contributed by atoms with van der Waals surface area (Å²) in [6, 6.07) is 3.69. The Morgan fingerprint density at radius 3 is 2.61 bits per heavy atom. The van der Waals surface area contributed by atoms with Gasteiger partial charge in [-0.2, -0.15) is 4.52 Å². The number of amides is 1. The average molecular weight is 403 g/mol. The predicted molar refractivity (Wildman–Crippen MR) is 116 cm³/mol. The minimum absolute atomic E-state index is 0.00944. The lowest BCUT2D eigenvalue weighted by atomic mass is 10.0. The number of rotatable bonds is 2. The van der Waals surface area contributed by atoms with Crippen molar-refractivity contribution in [3.8, 4) is 10.8 Å². The lowest BCUT2D eigenvalue weighted by molar-refractivity contribution is 0.0635. The summed E-state index contributed by atoms with van der Waals surface area (Å²) in [7, 11) is 0. The highest BCUT2D eigenvalue weighted by molar-refractivity contribution is 7.13. The van der Waals surface area contributed by atoms with Crippen LogP contribution in [0.4, 0.5) is 5.82 Å². The van der Waals surface area contributed by atoms with E-state index in [1.807, 2.05) is 38.0 Å². The molecule has 7 nitrogen and oxygen atoms in total. The van der Waals surface area contributed by atoms with Crippen LogP contribution in [0.5, 0.6) is 0 Å². The van der Waals surface area contributed by atoms with Gasteiger partial charge >= 0.3 is 0 Å². The van der Waals surface area contributed by atoms with Crippen molar-refractivity contribution < 1.29 is 4.79 Å². The lowest BCUT2D eigenvalue weighted by Crippen LogP contribution is -2.42. The van der Waals surface area contributed by atoms with Gasteiger partial charge in [-0.15, -0.1) is 16.4 Å². The number of hydrogen-bond acceptors (Lipinski definition) is 6. The Labute approximate surface area is 170 Å². The van der Waals surface area contributed by atoms with Crippen molar-refractivity contribution in [3.05, 3.63) is 29.3 Å². The van der Waals surface area contributed by atoms with Crippen LogP contribution in [-0.4, -0.2) is 43.0 Å². The summed E-state index contributed by atoms with van der Waals surface area (Å²) in [6.45, 7) is 10.9. The van der Waals surface area contributed by atoms with Gasteiger partial charge in [0.25, 0.3) is 5.91 Å². The molecular weight excluding hydrogens is 372 g/mol. The van der Waals surface area contributed by atoms with Crippen LogP contribution in [0.15, 0.2) is 23.7 Å². The predicted octanol–water partition coefficient (Wildman–Crippen LogP) is 4.50. The number of aromatic nitrogens is 4. The summed E-state index contributed by atoms with van der Waals surface area (Å²) < 4.78 is 1.55. The Morgan fingerprint density at radius 1 is 1.21 bits per heavy atom. The molecule has 8 heteroatoms. The van der Waals surface area contributed by atoms with Gasteiger partial charge in [-0.05, 0) is 38.3 Å². The van der Waals surface area contributed by atoms with E-state index in [-0.39, 0.29) is 11.9 Å². The zero-order chi connectivity index (χ0) is 20.7. The normalized spacial score (nSPS) is 16.0. The number of nitrogens with zero attached hydrogens (tertiary/aromatic N) is 5. The van der Waals surface area contributed by atoms with E-state index in [0.717, 1.165) is 24.4 Å². The van der Waals surface area contributed by atoms with Gasteiger partial charge in [0.15, 0.2) is 10.7 Å². The molecule has 1 aliphatic rings. The molecule has 0 saturated carbocycles. The number of nitrogens with two attached hydrogens (primary N) is 1. The summed E-state index contributed by atoms with van der Waals surface area (Å²) in [6.07, 6.45) is 4.98. The maximum Gasteiger partial charge on any atom is 0.254 e. The van der Waals surface area contributed by atoms with Crippen molar-refractivity contribution in [2.75, 3.05) is 12.3 Å². The second kappa shape index (κ2) is 10.2. The topological polar surface area (TPSA) is 89.4 Å². The van der Waals surface area contributed by atoms with Crippen LogP contribution in [0, 0.1) is 0 Å². The van der Waals surface area contributed by atoms with E-state index in [9.17, 15) is 4.79 Å². The summed E-state index contributed by atoms with van der Waals surface area (Å²) in [5.41, 5.74) is 7.22. The molecule has 1 atom stereocenters. The number of carbonyl (C=O) groups excluding carboxylic acids is 1. The Balaban J connectivity index is 0.000000660. The minimum atomic E-state index is 0.00944. The second-order valence-electron chi connectivity index (χ2n) is 6.05. The number of carbonyl (C=O) groups is 1. The Hall–Kier alpha value is -2.48. The van der Waals surface area contributed by atoms with Crippen LogP contribution in [0.25, 0.3) is 16.5 Å². The first kappa shape index (κ1) is 21.8. The fourth-order valence-corrected chi connectivity index (χ4v) is 3.69. The molecule has 3 aromatic heterocycles. The van der Waals surface area contributed by atoms with Gasteiger partial charge in [0.1, 0.15) is 5.82 Å². The van der Waals surface area contributed by atoms with Gasteiger partial charge < -0.3 is 10.6 Å². The van der Waals surface area contributed by atoms with Crippen molar-refractivity contribution in [1.29, 1.82) is 0 Å².